The predicted octanol–water partition coefficient (Wildman–Crippen LogP) is 4.31. The van der Waals surface area contributed by atoms with Gasteiger partial charge in [0.15, 0.2) is 0 Å². The van der Waals surface area contributed by atoms with Crippen molar-refractivity contribution in [2.75, 3.05) is 13.2 Å². The number of rotatable bonds is 9. The van der Waals surface area contributed by atoms with E-state index in [0.29, 0.717) is 25.3 Å². The first-order chi connectivity index (χ1) is 17.0. The quantitative estimate of drug-likeness (QED) is 0.500. The average Bonchev–Trinajstić information content (AvgIpc) is 3.45. The molecule has 3 atom stereocenters. The summed E-state index contributed by atoms with van der Waals surface area (Å²) in [5, 5.41) is 15.1. The summed E-state index contributed by atoms with van der Waals surface area (Å²) in [5.74, 6) is -1.09. The van der Waals surface area contributed by atoms with Crippen LogP contribution in [-0.2, 0) is 14.3 Å². The number of benzene rings is 2. The molecule has 3 aliphatic carbocycles. The highest BCUT2D eigenvalue weighted by Crippen LogP contribution is 2.44. The van der Waals surface area contributed by atoms with Gasteiger partial charge >= 0.3 is 12.1 Å². The Hall–Kier alpha value is -3.35. The third kappa shape index (κ3) is 5.19. The molecule has 2 fully saturated rings. The number of ether oxygens (including phenoxy) is 1. The average molecular weight is 477 g/mol. The molecule has 7 heteroatoms. The fourth-order valence-electron chi connectivity index (χ4n) is 5.68. The number of alkyl carbamates (subject to hydrolysis) is 1. The van der Waals surface area contributed by atoms with Gasteiger partial charge in [0.05, 0.1) is 0 Å². The molecule has 0 aliphatic heterocycles. The van der Waals surface area contributed by atoms with Crippen LogP contribution in [0, 0.1) is 17.8 Å². The molecule has 5 rings (SSSR count). The van der Waals surface area contributed by atoms with Gasteiger partial charge in [0.25, 0.3) is 0 Å². The molecule has 3 N–H and O–H groups in total. The summed E-state index contributed by atoms with van der Waals surface area (Å²) in [6.07, 6.45) is 4.49. The van der Waals surface area contributed by atoms with Gasteiger partial charge in [-0.2, -0.15) is 0 Å². The van der Waals surface area contributed by atoms with Crippen LogP contribution >= 0.6 is 0 Å². The Morgan fingerprint density at radius 1 is 0.943 bits per heavy atom. The molecule has 0 saturated heterocycles. The lowest BCUT2D eigenvalue weighted by atomic mass is 9.94. The molecule has 0 heterocycles. The standard InChI is InChI=1S/C28H32N2O5/c31-26(30-25(27(32)33)14-17-12-13-17)19-11-5-6-18(19)15-29-28(34)35-16-24-22-9-3-1-7-20(22)21-8-2-4-10-23(21)24/h1-4,7-10,17-19,24-25H,5-6,11-16H2,(H,29,34)(H,30,31)(H,32,33)/t18-,19-,25-/m0/s1. The van der Waals surface area contributed by atoms with E-state index in [1.165, 1.54) is 11.1 Å². The number of hydrogen-bond donors (Lipinski definition) is 3. The van der Waals surface area contributed by atoms with Crippen molar-refractivity contribution in [1.82, 2.24) is 10.6 Å². The van der Waals surface area contributed by atoms with Gasteiger partial charge in [0.2, 0.25) is 5.91 Å². The maximum Gasteiger partial charge on any atom is 0.407 e. The van der Waals surface area contributed by atoms with E-state index < -0.39 is 18.1 Å². The third-order valence-electron chi connectivity index (χ3n) is 7.73. The number of aliphatic carboxylic acids is 1. The van der Waals surface area contributed by atoms with Gasteiger partial charge in [-0.1, -0.05) is 67.8 Å². The molecule has 0 aromatic heterocycles. The number of carboxylic acid groups (broad SMARTS) is 1. The van der Waals surface area contributed by atoms with Gasteiger partial charge in [-0.05, 0) is 53.4 Å². The van der Waals surface area contributed by atoms with E-state index in [1.54, 1.807) is 0 Å². The maximum atomic E-state index is 12.8. The Morgan fingerprint density at radius 2 is 1.60 bits per heavy atom. The van der Waals surface area contributed by atoms with Gasteiger partial charge in [-0.15, -0.1) is 0 Å². The highest BCUT2D eigenvalue weighted by Gasteiger charge is 2.37. The highest BCUT2D eigenvalue weighted by molar-refractivity contribution is 5.85. The number of hydrogen-bond acceptors (Lipinski definition) is 4. The first-order valence-corrected chi connectivity index (χ1v) is 12.6. The van der Waals surface area contributed by atoms with Crippen molar-refractivity contribution in [3.05, 3.63) is 59.7 Å². The van der Waals surface area contributed by atoms with Crippen molar-refractivity contribution in [1.29, 1.82) is 0 Å². The molecule has 0 bridgehead atoms. The molecular weight excluding hydrogens is 444 g/mol. The van der Waals surface area contributed by atoms with Gasteiger partial charge in [0, 0.05) is 18.4 Å². The Morgan fingerprint density at radius 3 is 2.23 bits per heavy atom. The van der Waals surface area contributed by atoms with Crippen molar-refractivity contribution >= 4 is 18.0 Å². The Labute approximate surface area is 205 Å². The molecular formula is C28H32N2O5. The molecule has 35 heavy (non-hydrogen) atoms. The van der Waals surface area contributed by atoms with E-state index >= 15 is 0 Å². The second kappa shape index (κ2) is 10.1. The lowest BCUT2D eigenvalue weighted by Crippen LogP contribution is -2.45. The van der Waals surface area contributed by atoms with Crippen LogP contribution in [0.4, 0.5) is 4.79 Å². The molecule has 0 unspecified atom stereocenters. The van der Waals surface area contributed by atoms with Crippen LogP contribution in [0.1, 0.15) is 55.6 Å². The van der Waals surface area contributed by atoms with Crippen molar-refractivity contribution in [3.8, 4) is 11.1 Å². The smallest absolute Gasteiger partial charge is 0.407 e. The van der Waals surface area contributed by atoms with Gasteiger partial charge in [0.1, 0.15) is 12.6 Å². The molecule has 0 spiro atoms. The number of carbonyl (C=O) groups excluding carboxylic acids is 2. The summed E-state index contributed by atoms with van der Waals surface area (Å²) in [5.41, 5.74) is 4.68. The fraction of sp³-hybridized carbons (Fsp3) is 0.464. The summed E-state index contributed by atoms with van der Waals surface area (Å²) in [6.45, 7) is 0.588. The predicted molar refractivity (Wildman–Crippen MR) is 131 cm³/mol. The van der Waals surface area contributed by atoms with Crippen molar-refractivity contribution in [2.24, 2.45) is 17.8 Å². The van der Waals surface area contributed by atoms with Crippen molar-refractivity contribution < 1.29 is 24.2 Å². The second-order valence-corrected chi connectivity index (χ2v) is 10.1. The summed E-state index contributed by atoms with van der Waals surface area (Å²) >= 11 is 0. The molecule has 2 saturated carbocycles. The second-order valence-electron chi connectivity index (χ2n) is 10.1. The lowest BCUT2D eigenvalue weighted by molar-refractivity contribution is -0.143. The minimum Gasteiger partial charge on any atom is -0.480 e. The third-order valence-corrected chi connectivity index (χ3v) is 7.73. The summed E-state index contributed by atoms with van der Waals surface area (Å²) in [4.78, 5) is 36.9. The van der Waals surface area contributed by atoms with E-state index in [2.05, 4.69) is 34.9 Å². The fourth-order valence-corrected chi connectivity index (χ4v) is 5.68. The number of fused-ring (bicyclic) bond motifs is 3. The van der Waals surface area contributed by atoms with Crippen LogP contribution in [-0.4, -0.2) is 42.3 Å². The molecule has 184 valence electrons. The molecule has 2 aromatic carbocycles. The minimum absolute atomic E-state index is 0.00224. The molecule has 0 radical (unpaired) electrons. The van der Waals surface area contributed by atoms with Crippen LogP contribution in [0.15, 0.2) is 48.5 Å². The Bertz CT molecular complexity index is 1070. The maximum absolute atomic E-state index is 12.8. The number of amides is 2. The summed E-state index contributed by atoms with van der Waals surface area (Å²) in [6, 6.07) is 15.6. The van der Waals surface area contributed by atoms with Gasteiger partial charge in [-0.25, -0.2) is 9.59 Å². The normalized spacial score (nSPS) is 21.6. The molecule has 2 amide bonds. The monoisotopic (exact) mass is 476 g/mol. The van der Waals surface area contributed by atoms with E-state index in [4.69, 9.17) is 4.74 Å². The van der Waals surface area contributed by atoms with E-state index in [0.717, 1.165) is 36.8 Å². The Kier molecular flexibility index (Phi) is 6.75. The van der Waals surface area contributed by atoms with Crippen LogP contribution in [0.2, 0.25) is 0 Å². The summed E-state index contributed by atoms with van der Waals surface area (Å²) < 4.78 is 5.61. The van der Waals surface area contributed by atoms with Crippen LogP contribution in [0.3, 0.4) is 0 Å². The highest BCUT2D eigenvalue weighted by atomic mass is 16.5. The SMILES string of the molecule is O=C(NC[C@@H]1CCC[C@@H]1C(=O)N[C@@H](CC1CC1)C(=O)O)OCC1c2ccccc2-c2ccccc21. The van der Waals surface area contributed by atoms with Gasteiger partial charge < -0.3 is 20.5 Å². The Balaban J connectivity index is 1.13. The lowest BCUT2D eigenvalue weighted by Gasteiger charge is -2.22. The summed E-state index contributed by atoms with van der Waals surface area (Å²) in [7, 11) is 0. The van der Waals surface area contributed by atoms with Crippen LogP contribution in [0.5, 0.6) is 0 Å². The molecule has 2 aromatic rings. The van der Waals surface area contributed by atoms with E-state index in [1.807, 2.05) is 24.3 Å². The van der Waals surface area contributed by atoms with E-state index in [9.17, 15) is 19.5 Å². The number of carboxylic acids is 1. The molecule has 7 nitrogen and oxygen atoms in total. The molecule has 3 aliphatic rings. The minimum atomic E-state index is -0.975. The van der Waals surface area contributed by atoms with Gasteiger partial charge in [-0.3, -0.25) is 4.79 Å². The number of carbonyl (C=O) groups is 3. The first kappa shape index (κ1) is 23.4. The largest absolute Gasteiger partial charge is 0.480 e. The zero-order valence-electron chi connectivity index (χ0n) is 19.7. The van der Waals surface area contributed by atoms with Crippen LogP contribution in [0.25, 0.3) is 11.1 Å². The number of nitrogens with one attached hydrogen (secondary N) is 2. The van der Waals surface area contributed by atoms with Crippen LogP contribution < -0.4 is 10.6 Å². The zero-order valence-corrected chi connectivity index (χ0v) is 19.7. The van der Waals surface area contributed by atoms with Crippen molar-refractivity contribution in [2.45, 2.75) is 50.5 Å². The van der Waals surface area contributed by atoms with Crippen molar-refractivity contribution in [3.63, 3.8) is 0 Å². The topological polar surface area (TPSA) is 105 Å². The zero-order chi connectivity index (χ0) is 24.4. The van der Waals surface area contributed by atoms with E-state index in [-0.39, 0.29) is 30.3 Å². The first-order valence-electron chi connectivity index (χ1n) is 12.6.